The van der Waals surface area contributed by atoms with E-state index < -0.39 is 0 Å². The minimum atomic E-state index is 0.331. The lowest BCUT2D eigenvalue weighted by Gasteiger charge is -2.20. The molecule has 1 unspecified atom stereocenters. The van der Waals surface area contributed by atoms with Crippen molar-refractivity contribution in [2.75, 3.05) is 19.8 Å². The molecule has 20 heavy (non-hydrogen) atoms. The summed E-state index contributed by atoms with van der Waals surface area (Å²) in [5.41, 5.74) is 3.73. The molecule has 2 aromatic rings. The summed E-state index contributed by atoms with van der Waals surface area (Å²) in [5.74, 6) is 0. The lowest BCUT2D eigenvalue weighted by molar-refractivity contribution is 0.0903. The van der Waals surface area contributed by atoms with Gasteiger partial charge in [-0.1, -0.05) is 66.7 Å². The minimum Gasteiger partial charge on any atom is -0.378 e. The summed E-state index contributed by atoms with van der Waals surface area (Å²) >= 11 is 0. The average Bonchev–Trinajstić information content (AvgIpc) is 2.55. The monoisotopic (exact) mass is 265 g/mol. The van der Waals surface area contributed by atoms with Crippen molar-refractivity contribution < 1.29 is 4.74 Å². The maximum absolute atomic E-state index is 5.43. The summed E-state index contributed by atoms with van der Waals surface area (Å²) < 4.78 is 5.43. The lowest BCUT2D eigenvalue weighted by Crippen LogP contribution is -2.39. The van der Waals surface area contributed by atoms with Crippen LogP contribution in [-0.2, 0) is 4.74 Å². The van der Waals surface area contributed by atoms with Crippen molar-refractivity contribution in [1.29, 1.82) is 0 Å². The van der Waals surface area contributed by atoms with Gasteiger partial charge in [0.15, 0.2) is 0 Å². The summed E-state index contributed by atoms with van der Waals surface area (Å²) in [6.07, 6.45) is 4.33. The predicted molar refractivity (Wildman–Crippen MR) is 83.5 cm³/mol. The number of hydrogen-bond donors (Lipinski definition) is 1. The third kappa shape index (κ3) is 3.35. The van der Waals surface area contributed by atoms with E-state index in [1.54, 1.807) is 0 Å². The minimum absolute atomic E-state index is 0.331. The van der Waals surface area contributed by atoms with Crippen LogP contribution < -0.4 is 5.32 Å². The number of morpholine rings is 1. The second kappa shape index (κ2) is 6.51. The third-order valence-corrected chi connectivity index (χ3v) is 3.49. The molecule has 0 amide bonds. The molecule has 1 fully saturated rings. The van der Waals surface area contributed by atoms with Gasteiger partial charge in [0.05, 0.1) is 13.2 Å². The second-order valence-electron chi connectivity index (χ2n) is 4.98. The SMILES string of the molecule is C(=C\C1COCCN1)/c1ccc(-c2ccccc2)cc1. The predicted octanol–water partition coefficient (Wildman–Crippen LogP) is 3.36. The van der Waals surface area contributed by atoms with Crippen LogP contribution in [0.4, 0.5) is 0 Å². The van der Waals surface area contributed by atoms with Gasteiger partial charge in [0.1, 0.15) is 0 Å². The normalized spacial score (nSPS) is 19.3. The Labute approximate surface area is 120 Å². The Morgan fingerprint density at radius 1 is 0.950 bits per heavy atom. The molecule has 1 saturated heterocycles. The fourth-order valence-electron chi connectivity index (χ4n) is 2.35. The first-order valence-corrected chi connectivity index (χ1v) is 7.07. The molecular formula is C18H19NO. The highest BCUT2D eigenvalue weighted by Crippen LogP contribution is 2.19. The van der Waals surface area contributed by atoms with Gasteiger partial charge in [-0.2, -0.15) is 0 Å². The zero-order chi connectivity index (χ0) is 13.6. The van der Waals surface area contributed by atoms with E-state index in [0.717, 1.165) is 19.8 Å². The Balaban J connectivity index is 1.68. The van der Waals surface area contributed by atoms with Gasteiger partial charge in [-0.25, -0.2) is 0 Å². The summed E-state index contributed by atoms with van der Waals surface area (Å²) in [6, 6.07) is 19.4. The van der Waals surface area contributed by atoms with Crippen LogP contribution in [0.15, 0.2) is 60.7 Å². The smallest absolute Gasteiger partial charge is 0.0656 e. The molecule has 3 rings (SSSR count). The molecule has 1 aliphatic rings. The Morgan fingerprint density at radius 3 is 2.40 bits per heavy atom. The van der Waals surface area contributed by atoms with Crippen LogP contribution in [0.5, 0.6) is 0 Å². The molecule has 1 aliphatic heterocycles. The van der Waals surface area contributed by atoms with Gasteiger partial charge in [0.25, 0.3) is 0 Å². The van der Waals surface area contributed by atoms with Gasteiger partial charge < -0.3 is 10.1 Å². The molecule has 0 radical (unpaired) electrons. The molecule has 1 atom stereocenters. The number of nitrogens with one attached hydrogen (secondary N) is 1. The van der Waals surface area contributed by atoms with E-state index in [1.807, 2.05) is 6.07 Å². The Morgan fingerprint density at radius 2 is 1.70 bits per heavy atom. The van der Waals surface area contributed by atoms with E-state index in [9.17, 15) is 0 Å². The molecule has 0 aromatic heterocycles. The van der Waals surface area contributed by atoms with Crippen LogP contribution in [0.25, 0.3) is 17.2 Å². The Kier molecular flexibility index (Phi) is 4.26. The van der Waals surface area contributed by atoms with E-state index in [2.05, 4.69) is 66.0 Å². The van der Waals surface area contributed by atoms with Crippen molar-refractivity contribution >= 4 is 6.08 Å². The highest BCUT2D eigenvalue weighted by molar-refractivity contribution is 5.65. The first-order chi connectivity index (χ1) is 9.92. The van der Waals surface area contributed by atoms with Gasteiger partial charge in [-0.3, -0.25) is 0 Å². The quantitative estimate of drug-likeness (QED) is 0.919. The highest BCUT2D eigenvalue weighted by atomic mass is 16.5. The van der Waals surface area contributed by atoms with Crippen molar-refractivity contribution in [3.63, 3.8) is 0 Å². The number of benzene rings is 2. The van der Waals surface area contributed by atoms with Gasteiger partial charge >= 0.3 is 0 Å². The molecule has 0 spiro atoms. The Hall–Kier alpha value is -1.90. The number of ether oxygens (including phenoxy) is 1. The molecule has 1 heterocycles. The van der Waals surface area contributed by atoms with Gasteiger partial charge in [-0.05, 0) is 16.7 Å². The largest absolute Gasteiger partial charge is 0.378 e. The maximum atomic E-state index is 5.43. The van der Waals surface area contributed by atoms with Crippen LogP contribution in [0.2, 0.25) is 0 Å². The first-order valence-electron chi connectivity index (χ1n) is 7.07. The molecule has 0 saturated carbocycles. The van der Waals surface area contributed by atoms with Crippen LogP contribution in [0.3, 0.4) is 0 Å². The zero-order valence-electron chi connectivity index (χ0n) is 11.5. The zero-order valence-corrected chi connectivity index (χ0v) is 11.5. The summed E-state index contributed by atoms with van der Waals surface area (Å²) in [5, 5.41) is 3.41. The van der Waals surface area contributed by atoms with Crippen LogP contribution in [-0.4, -0.2) is 25.8 Å². The fourth-order valence-corrected chi connectivity index (χ4v) is 2.35. The van der Waals surface area contributed by atoms with Crippen molar-refractivity contribution in [1.82, 2.24) is 5.32 Å². The maximum Gasteiger partial charge on any atom is 0.0656 e. The summed E-state index contributed by atoms with van der Waals surface area (Å²) in [6.45, 7) is 2.51. The van der Waals surface area contributed by atoms with Crippen molar-refractivity contribution in [2.24, 2.45) is 0 Å². The first kappa shape index (κ1) is 13.1. The van der Waals surface area contributed by atoms with Crippen molar-refractivity contribution in [3.05, 3.63) is 66.2 Å². The third-order valence-electron chi connectivity index (χ3n) is 3.49. The van der Waals surface area contributed by atoms with E-state index in [0.29, 0.717) is 6.04 Å². The summed E-state index contributed by atoms with van der Waals surface area (Å²) in [4.78, 5) is 0. The molecule has 2 aromatic carbocycles. The summed E-state index contributed by atoms with van der Waals surface area (Å²) in [7, 11) is 0. The van der Waals surface area contributed by atoms with Gasteiger partial charge in [0.2, 0.25) is 0 Å². The molecule has 1 N–H and O–H groups in total. The van der Waals surface area contributed by atoms with Crippen LogP contribution in [0.1, 0.15) is 5.56 Å². The van der Waals surface area contributed by atoms with Gasteiger partial charge in [0, 0.05) is 12.6 Å². The van der Waals surface area contributed by atoms with E-state index in [-0.39, 0.29) is 0 Å². The number of hydrogen-bond acceptors (Lipinski definition) is 2. The molecule has 2 heteroatoms. The molecule has 102 valence electrons. The van der Waals surface area contributed by atoms with E-state index in [1.165, 1.54) is 16.7 Å². The lowest BCUT2D eigenvalue weighted by atomic mass is 10.0. The highest BCUT2D eigenvalue weighted by Gasteiger charge is 2.08. The van der Waals surface area contributed by atoms with Crippen LogP contribution >= 0.6 is 0 Å². The average molecular weight is 265 g/mol. The van der Waals surface area contributed by atoms with E-state index >= 15 is 0 Å². The van der Waals surface area contributed by atoms with Crippen molar-refractivity contribution in [2.45, 2.75) is 6.04 Å². The standard InChI is InChI=1S/C18H19NO/c1-2-4-16(5-3-1)17-9-6-15(7-10-17)8-11-18-14-20-13-12-19-18/h1-11,18-19H,12-14H2/b11-8+. The molecule has 0 aliphatic carbocycles. The molecular weight excluding hydrogens is 246 g/mol. The fraction of sp³-hybridized carbons (Fsp3) is 0.222. The molecule has 2 nitrogen and oxygen atoms in total. The topological polar surface area (TPSA) is 21.3 Å². The van der Waals surface area contributed by atoms with Crippen LogP contribution in [0, 0.1) is 0 Å². The molecule has 0 bridgehead atoms. The number of rotatable bonds is 3. The second-order valence-corrected chi connectivity index (χ2v) is 4.98. The van der Waals surface area contributed by atoms with E-state index in [4.69, 9.17) is 4.74 Å². The van der Waals surface area contributed by atoms with Gasteiger partial charge in [-0.15, -0.1) is 0 Å². The van der Waals surface area contributed by atoms with Crippen molar-refractivity contribution in [3.8, 4) is 11.1 Å². The Bertz CT molecular complexity index is 554.